The molecular formula is C24H20N4O5S. The third-order valence-electron chi connectivity index (χ3n) is 5.50. The Hall–Kier alpha value is -4.31. The molecule has 1 N–H and O–H groups in total. The Morgan fingerprint density at radius 1 is 1.09 bits per heavy atom. The Kier molecular flexibility index (Phi) is 5.99. The largest absolute Gasteiger partial charge is 0.495 e. The van der Waals surface area contributed by atoms with E-state index in [2.05, 4.69) is 5.32 Å². The van der Waals surface area contributed by atoms with Crippen molar-refractivity contribution in [3.05, 3.63) is 87.2 Å². The van der Waals surface area contributed by atoms with E-state index in [1.54, 1.807) is 36.4 Å². The van der Waals surface area contributed by atoms with Gasteiger partial charge in [-0.15, -0.1) is 0 Å². The predicted molar refractivity (Wildman–Crippen MR) is 131 cm³/mol. The molecule has 1 aliphatic rings. The summed E-state index contributed by atoms with van der Waals surface area (Å²) in [7, 11) is 1.48. The first-order valence-electron chi connectivity index (χ1n) is 10.2. The lowest BCUT2D eigenvalue weighted by molar-refractivity contribution is -0.384. The van der Waals surface area contributed by atoms with E-state index in [1.807, 2.05) is 24.5 Å². The topological polar surface area (TPSA) is 107 Å². The number of nitro groups is 1. The van der Waals surface area contributed by atoms with Crippen LogP contribution in [0.5, 0.6) is 5.75 Å². The minimum atomic E-state index is -0.610. The number of hydrogen-bond acceptors (Lipinski definition) is 6. The van der Waals surface area contributed by atoms with Gasteiger partial charge in [-0.3, -0.25) is 25.0 Å². The maximum atomic E-state index is 13.4. The van der Waals surface area contributed by atoms with Crippen LogP contribution in [-0.4, -0.2) is 33.5 Å². The third kappa shape index (κ3) is 3.95. The Morgan fingerprint density at radius 2 is 1.82 bits per heavy atom. The molecule has 0 atom stereocenters. The van der Waals surface area contributed by atoms with Crippen LogP contribution in [0.4, 0.5) is 11.4 Å². The highest BCUT2D eigenvalue weighted by molar-refractivity contribution is 7.80. The summed E-state index contributed by atoms with van der Waals surface area (Å²) < 4.78 is 7.18. The van der Waals surface area contributed by atoms with Gasteiger partial charge in [0.2, 0.25) is 0 Å². The highest BCUT2D eigenvalue weighted by atomic mass is 32.1. The number of aromatic nitrogens is 1. The van der Waals surface area contributed by atoms with Crippen molar-refractivity contribution in [1.82, 2.24) is 9.88 Å². The lowest BCUT2D eigenvalue weighted by Gasteiger charge is -2.29. The van der Waals surface area contributed by atoms with Crippen LogP contribution >= 0.6 is 12.2 Å². The fraction of sp³-hybridized carbons (Fsp3) is 0.125. The van der Waals surface area contributed by atoms with Gasteiger partial charge in [0.15, 0.2) is 5.11 Å². The minimum absolute atomic E-state index is 0.0345. The molecule has 10 heteroatoms. The zero-order valence-corrected chi connectivity index (χ0v) is 19.4. The Labute approximate surface area is 200 Å². The average molecular weight is 477 g/mol. The highest BCUT2D eigenvalue weighted by Crippen LogP contribution is 2.31. The summed E-state index contributed by atoms with van der Waals surface area (Å²) in [4.78, 5) is 38.1. The number of nitrogens with zero attached hydrogens (tertiary/aromatic N) is 3. The summed E-state index contributed by atoms with van der Waals surface area (Å²) in [6, 6.07) is 14.9. The van der Waals surface area contributed by atoms with Gasteiger partial charge < -0.3 is 9.30 Å². The van der Waals surface area contributed by atoms with E-state index in [1.165, 1.54) is 30.2 Å². The van der Waals surface area contributed by atoms with Crippen LogP contribution in [-0.2, 0) is 9.59 Å². The van der Waals surface area contributed by atoms with E-state index in [0.29, 0.717) is 28.4 Å². The van der Waals surface area contributed by atoms with Gasteiger partial charge in [-0.05, 0) is 62.0 Å². The van der Waals surface area contributed by atoms with Gasteiger partial charge in [0.25, 0.3) is 17.5 Å². The van der Waals surface area contributed by atoms with E-state index in [9.17, 15) is 19.7 Å². The first-order valence-corrected chi connectivity index (χ1v) is 10.6. The molecule has 3 aromatic rings. The number of amides is 2. The van der Waals surface area contributed by atoms with Crippen LogP contribution in [0.15, 0.2) is 60.2 Å². The highest BCUT2D eigenvalue weighted by Gasteiger charge is 2.36. The molecule has 9 nitrogen and oxygen atoms in total. The number of hydrogen-bond donors (Lipinski definition) is 1. The average Bonchev–Trinajstić information content (AvgIpc) is 3.09. The molecule has 1 saturated heterocycles. The van der Waals surface area contributed by atoms with Crippen LogP contribution < -0.4 is 15.0 Å². The summed E-state index contributed by atoms with van der Waals surface area (Å²) in [5.41, 5.74) is 2.99. The molecule has 0 aliphatic carbocycles. The number of non-ortho nitro benzene ring substituents is 1. The zero-order chi connectivity index (χ0) is 24.6. The summed E-state index contributed by atoms with van der Waals surface area (Å²) in [5.74, 6) is -0.766. The van der Waals surface area contributed by atoms with Crippen molar-refractivity contribution in [3.8, 4) is 11.4 Å². The van der Waals surface area contributed by atoms with E-state index in [0.717, 1.165) is 5.69 Å². The second kappa shape index (κ2) is 8.91. The fourth-order valence-corrected chi connectivity index (χ4v) is 4.20. The SMILES string of the molecule is COc1ccccc1N1C(=O)/C(=C/c2cc(C)n(-c3cccc([N+](=O)[O-])c3)c2C)C(=O)NC1=S. The lowest BCUT2D eigenvalue weighted by atomic mass is 10.1. The quantitative estimate of drug-likeness (QED) is 0.197. The second-order valence-electron chi connectivity index (χ2n) is 7.57. The Balaban J connectivity index is 1.78. The molecule has 2 heterocycles. The van der Waals surface area contributed by atoms with Crippen molar-refractivity contribution >= 4 is 46.6 Å². The summed E-state index contributed by atoms with van der Waals surface area (Å²) in [6.45, 7) is 3.65. The van der Waals surface area contributed by atoms with Crippen molar-refractivity contribution in [3.63, 3.8) is 0 Å². The van der Waals surface area contributed by atoms with Crippen LogP contribution in [0.25, 0.3) is 11.8 Å². The number of methoxy groups -OCH3 is 1. The summed E-state index contributed by atoms with van der Waals surface area (Å²) >= 11 is 5.27. The van der Waals surface area contributed by atoms with Gasteiger partial charge in [0, 0.05) is 23.5 Å². The number of para-hydroxylation sites is 2. The predicted octanol–water partition coefficient (Wildman–Crippen LogP) is 3.84. The molecule has 2 aromatic carbocycles. The zero-order valence-electron chi connectivity index (χ0n) is 18.6. The fourth-order valence-electron chi connectivity index (χ4n) is 3.92. The molecule has 0 radical (unpaired) electrons. The number of ether oxygens (including phenoxy) is 1. The maximum absolute atomic E-state index is 13.4. The Morgan fingerprint density at radius 3 is 2.53 bits per heavy atom. The molecule has 1 fully saturated rings. The lowest BCUT2D eigenvalue weighted by Crippen LogP contribution is -2.54. The molecule has 2 amide bonds. The number of rotatable bonds is 5. The summed E-state index contributed by atoms with van der Waals surface area (Å²) in [6.07, 6.45) is 1.50. The van der Waals surface area contributed by atoms with Gasteiger partial charge in [0.05, 0.1) is 23.4 Å². The first-order chi connectivity index (χ1) is 16.2. The Bertz CT molecular complexity index is 1390. The number of carbonyl (C=O) groups is 2. The molecule has 0 unspecified atom stereocenters. The third-order valence-corrected chi connectivity index (χ3v) is 5.78. The smallest absolute Gasteiger partial charge is 0.271 e. The van der Waals surface area contributed by atoms with E-state index >= 15 is 0 Å². The number of carbonyl (C=O) groups excluding carboxylic acids is 2. The number of nitrogens with one attached hydrogen (secondary N) is 1. The second-order valence-corrected chi connectivity index (χ2v) is 7.96. The molecular weight excluding hydrogens is 456 g/mol. The van der Waals surface area contributed by atoms with Crippen molar-refractivity contribution in [2.45, 2.75) is 13.8 Å². The standard InChI is InChI=1S/C24H20N4O5S/c1-14-11-16(15(2)26(14)17-7-6-8-18(13-17)28(31)32)12-19-22(29)25-24(34)27(23(19)30)20-9-4-5-10-21(20)33-3/h4-13H,1-3H3,(H,25,29,34)/b19-12+. The van der Waals surface area contributed by atoms with Gasteiger partial charge in [-0.25, -0.2) is 4.90 Å². The molecule has 0 spiro atoms. The maximum Gasteiger partial charge on any atom is 0.271 e. The molecule has 0 bridgehead atoms. The number of aryl methyl sites for hydroxylation is 1. The van der Waals surface area contributed by atoms with Crippen LogP contribution in [0.2, 0.25) is 0 Å². The normalized spacial score (nSPS) is 15.0. The molecule has 34 heavy (non-hydrogen) atoms. The van der Waals surface area contributed by atoms with E-state index in [4.69, 9.17) is 17.0 Å². The van der Waals surface area contributed by atoms with Crippen LogP contribution in [0, 0.1) is 24.0 Å². The first kappa shape index (κ1) is 22.9. The van der Waals surface area contributed by atoms with Crippen molar-refractivity contribution < 1.29 is 19.2 Å². The van der Waals surface area contributed by atoms with Crippen molar-refractivity contribution in [2.75, 3.05) is 12.0 Å². The summed E-state index contributed by atoms with van der Waals surface area (Å²) in [5, 5.41) is 13.7. The number of benzene rings is 2. The van der Waals surface area contributed by atoms with Gasteiger partial charge in [0.1, 0.15) is 11.3 Å². The van der Waals surface area contributed by atoms with Gasteiger partial charge in [-0.2, -0.15) is 0 Å². The molecule has 0 saturated carbocycles. The van der Waals surface area contributed by atoms with E-state index < -0.39 is 16.7 Å². The molecule has 1 aliphatic heterocycles. The van der Waals surface area contributed by atoms with Crippen molar-refractivity contribution in [2.24, 2.45) is 0 Å². The minimum Gasteiger partial charge on any atom is -0.495 e. The monoisotopic (exact) mass is 476 g/mol. The van der Waals surface area contributed by atoms with Crippen LogP contribution in [0.1, 0.15) is 17.0 Å². The molecule has 4 rings (SSSR count). The van der Waals surface area contributed by atoms with Gasteiger partial charge in [-0.1, -0.05) is 18.2 Å². The number of anilines is 1. The van der Waals surface area contributed by atoms with Crippen molar-refractivity contribution in [1.29, 1.82) is 0 Å². The number of thiocarbonyl (C=S) groups is 1. The van der Waals surface area contributed by atoms with E-state index in [-0.39, 0.29) is 16.4 Å². The molecule has 172 valence electrons. The van der Waals surface area contributed by atoms with Gasteiger partial charge >= 0.3 is 0 Å². The molecule has 1 aromatic heterocycles. The number of nitro benzene ring substituents is 1. The van der Waals surface area contributed by atoms with Crippen LogP contribution in [0.3, 0.4) is 0 Å².